The molecule has 0 aromatic rings. The topological polar surface area (TPSA) is 26.3 Å². The molecule has 0 radical (unpaired) electrons. The third-order valence-corrected chi connectivity index (χ3v) is 2.38. The van der Waals surface area contributed by atoms with Gasteiger partial charge < -0.3 is 4.74 Å². The second-order valence-corrected chi connectivity index (χ2v) is 3.27. The maximum absolute atomic E-state index is 11.0. The highest BCUT2D eigenvalue weighted by molar-refractivity contribution is 5.82. The van der Waals surface area contributed by atoms with E-state index < -0.39 is 0 Å². The molecule has 0 N–H and O–H groups in total. The van der Waals surface area contributed by atoms with Crippen molar-refractivity contribution in [3.63, 3.8) is 0 Å². The Kier molecular flexibility index (Phi) is 3.32. The fraction of sp³-hybridized carbons (Fsp3) is 0.700. The number of esters is 1. The lowest BCUT2D eigenvalue weighted by Gasteiger charge is -2.25. The van der Waals surface area contributed by atoms with Crippen molar-refractivity contribution in [3.8, 4) is 0 Å². The molecule has 1 rings (SSSR count). The van der Waals surface area contributed by atoms with E-state index in [0.717, 1.165) is 0 Å². The minimum atomic E-state index is -0.193. The van der Waals surface area contributed by atoms with Crippen LogP contribution in [0.4, 0.5) is 0 Å². The van der Waals surface area contributed by atoms with Crippen LogP contribution in [0, 0.1) is 5.92 Å². The molecule has 1 fully saturated rings. The SMILES string of the molecule is CCOC(=O)/C=C(/C)C1CCC1. The van der Waals surface area contributed by atoms with E-state index in [2.05, 4.69) is 0 Å². The van der Waals surface area contributed by atoms with Gasteiger partial charge in [-0.15, -0.1) is 0 Å². The van der Waals surface area contributed by atoms with E-state index in [0.29, 0.717) is 12.5 Å². The van der Waals surface area contributed by atoms with Crippen LogP contribution in [0.15, 0.2) is 11.6 Å². The van der Waals surface area contributed by atoms with Crippen molar-refractivity contribution in [2.45, 2.75) is 33.1 Å². The molecule has 1 aliphatic rings. The largest absolute Gasteiger partial charge is 0.463 e. The minimum absolute atomic E-state index is 0.193. The minimum Gasteiger partial charge on any atom is -0.463 e. The van der Waals surface area contributed by atoms with E-state index >= 15 is 0 Å². The van der Waals surface area contributed by atoms with Crippen LogP contribution in [0.1, 0.15) is 33.1 Å². The molecular formula is C10H16O2. The van der Waals surface area contributed by atoms with E-state index in [1.165, 1.54) is 24.8 Å². The highest BCUT2D eigenvalue weighted by Gasteiger charge is 2.19. The first-order valence-electron chi connectivity index (χ1n) is 4.59. The van der Waals surface area contributed by atoms with Crippen molar-refractivity contribution < 1.29 is 9.53 Å². The van der Waals surface area contributed by atoms with Gasteiger partial charge in [-0.2, -0.15) is 0 Å². The molecule has 12 heavy (non-hydrogen) atoms. The summed E-state index contributed by atoms with van der Waals surface area (Å²) in [5, 5.41) is 0. The molecule has 1 aliphatic carbocycles. The Morgan fingerprint density at radius 3 is 2.67 bits per heavy atom. The number of allylic oxidation sites excluding steroid dienone is 1. The van der Waals surface area contributed by atoms with Gasteiger partial charge in [0.1, 0.15) is 0 Å². The fourth-order valence-corrected chi connectivity index (χ4v) is 1.35. The first-order chi connectivity index (χ1) is 5.74. The summed E-state index contributed by atoms with van der Waals surface area (Å²) in [7, 11) is 0. The highest BCUT2D eigenvalue weighted by Crippen LogP contribution is 2.32. The second-order valence-electron chi connectivity index (χ2n) is 3.27. The third-order valence-electron chi connectivity index (χ3n) is 2.38. The van der Waals surface area contributed by atoms with Gasteiger partial charge in [0, 0.05) is 6.08 Å². The van der Waals surface area contributed by atoms with Crippen molar-refractivity contribution in [1.82, 2.24) is 0 Å². The van der Waals surface area contributed by atoms with Crippen LogP contribution in [0.5, 0.6) is 0 Å². The lowest BCUT2D eigenvalue weighted by Crippen LogP contribution is -2.13. The zero-order valence-corrected chi connectivity index (χ0v) is 7.80. The predicted molar refractivity (Wildman–Crippen MR) is 47.7 cm³/mol. The van der Waals surface area contributed by atoms with Gasteiger partial charge in [0.15, 0.2) is 0 Å². The average Bonchev–Trinajstić information content (AvgIpc) is 1.82. The van der Waals surface area contributed by atoms with Crippen molar-refractivity contribution in [3.05, 3.63) is 11.6 Å². The van der Waals surface area contributed by atoms with E-state index in [4.69, 9.17) is 4.74 Å². The van der Waals surface area contributed by atoms with Crippen molar-refractivity contribution in [2.75, 3.05) is 6.61 Å². The van der Waals surface area contributed by atoms with E-state index in [-0.39, 0.29) is 5.97 Å². The second kappa shape index (κ2) is 4.29. The molecule has 0 saturated heterocycles. The quantitative estimate of drug-likeness (QED) is 0.477. The monoisotopic (exact) mass is 168 g/mol. The van der Waals surface area contributed by atoms with E-state index in [1.807, 2.05) is 13.8 Å². The van der Waals surface area contributed by atoms with Gasteiger partial charge in [-0.1, -0.05) is 12.0 Å². The molecule has 0 spiro atoms. The van der Waals surface area contributed by atoms with Gasteiger partial charge >= 0.3 is 5.97 Å². The van der Waals surface area contributed by atoms with Gasteiger partial charge in [0.25, 0.3) is 0 Å². The van der Waals surface area contributed by atoms with Gasteiger partial charge in [-0.05, 0) is 32.6 Å². The molecule has 0 unspecified atom stereocenters. The zero-order valence-electron chi connectivity index (χ0n) is 7.80. The lowest BCUT2D eigenvalue weighted by atomic mass is 9.80. The van der Waals surface area contributed by atoms with Crippen LogP contribution in [0.25, 0.3) is 0 Å². The molecule has 1 saturated carbocycles. The summed E-state index contributed by atoms with van der Waals surface area (Å²) in [6.45, 7) is 4.30. The molecule has 0 aromatic carbocycles. The van der Waals surface area contributed by atoms with Crippen molar-refractivity contribution >= 4 is 5.97 Å². The number of ether oxygens (including phenoxy) is 1. The maximum atomic E-state index is 11.0. The molecule has 0 aliphatic heterocycles. The summed E-state index contributed by atoms with van der Waals surface area (Å²) in [6.07, 6.45) is 5.41. The Morgan fingerprint density at radius 2 is 2.25 bits per heavy atom. The van der Waals surface area contributed by atoms with Crippen LogP contribution >= 0.6 is 0 Å². The predicted octanol–water partition coefficient (Wildman–Crippen LogP) is 2.30. The Labute approximate surface area is 73.6 Å². The fourth-order valence-electron chi connectivity index (χ4n) is 1.35. The molecule has 2 nitrogen and oxygen atoms in total. The Hall–Kier alpha value is -0.790. The Balaban J connectivity index is 2.37. The number of hydrogen-bond donors (Lipinski definition) is 0. The van der Waals surface area contributed by atoms with Crippen molar-refractivity contribution in [2.24, 2.45) is 5.92 Å². The van der Waals surface area contributed by atoms with Crippen LogP contribution in [0.2, 0.25) is 0 Å². The maximum Gasteiger partial charge on any atom is 0.330 e. The molecule has 0 aromatic heterocycles. The van der Waals surface area contributed by atoms with Crippen LogP contribution in [-0.4, -0.2) is 12.6 Å². The summed E-state index contributed by atoms with van der Waals surface area (Å²) >= 11 is 0. The van der Waals surface area contributed by atoms with E-state index in [1.54, 1.807) is 6.08 Å². The number of rotatable bonds is 3. The van der Waals surface area contributed by atoms with Gasteiger partial charge in [-0.25, -0.2) is 4.79 Å². The summed E-state index contributed by atoms with van der Waals surface area (Å²) < 4.78 is 4.82. The molecule has 0 bridgehead atoms. The molecule has 2 heteroatoms. The number of hydrogen-bond acceptors (Lipinski definition) is 2. The van der Waals surface area contributed by atoms with Crippen LogP contribution in [0.3, 0.4) is 0 Å². The average molecular weight is 168 g/mol. The Bertz CT molecular complexity index is 190. The summed E-state index contributed by atoms with van der Waals surface area (Å²) in [5.74, 6) is 0.455. The van der Waals surface area contributed by atoms with Crippen LogP contribution in [-0.2, 0) is 9.53 Å². The Morgan fingerprint density at radius 1 is 1.58 bits per heavy atom. The van der Waals surface area contributed by atoms with Gasteiger partial charge in [0.2, 0.25) is 0 Å². The summed E-state index contributed by atoms with van der Waals surface area (Å²) in [4.78, 5) is 11.0. The number of carbonyl (C=O) groups excluding carboxylic acids is 1. The zero-order chi connectivity index (χ0) is 8.97. The molecule has 0 heterocycles. The van der Waals surface area contributed by atoms with E-state index in [9.17, 15) is 4.79 Å². The lowest BCUT2D eigenvalue weighted by molar-refractivity contribution is -0.137. The molecule has 0 amide bonds. The van der Waals surface area contributed by atoms with Gasteiger partial charge in [-0.3, -0.25) is 0 Å². The standard InChI is InChI=1S/C10H16O2/c1-3-12-10(11)7-8(2)9-5-4-6-9/h7,9H,3-6H2,1-2H3/b8-7-. The molecule has 0 atom stereocenters. The molecular weight excluding hydrogens is 152 g/mol. The third kappa shape index (κ3) is 2.36. The van der Waals surface area contributed by atoms with Crippen molar-refractivity contribution in [1.29, 1.82) is 0 Å². The highest BCUT2D eigenvalue weighted by atomic mass is 16.5. The van der Waals surface area contributed by atoms with Gasteiger partial charge in [0.05, 0.1) is 6.61 Å². The first kappa shape index (κ1) is 9.30. The molecule has 68 valence electrons. The number of carbonyl (C=O) groups is 1. The van der Waals surface area contributed by atoms with Crippen LogP contribution < -0.4 is 0 Å². The summed E-state index contributed by atoms with van der Waals surface area (Å²) in [5.41, 5.74) is 1.18. The first-order valence-corrected chi connectivity index (χ1v) is 4.59. The summed E-state index contributed by atoms with van der Waals surface area (Å²) in [6, 6.07) is 0. The smallest absolute Gasteiger partial charge is 0.330 e. The normalized spacial score (nSPS) is 18.7.